The molecule has 0 unspecified atom stereocenters. The summed E-state index contributed by atoms with van der Waals surface area (Å²) in [4.78, 5) is 0.0660. The Bertz CT molecular complexity index is 1430. The molecular formula is C23H20N2O5S2. The Balaban J connectivity index is 1.86. The van der Waals surface area contributed by atoms with Crippen LogP contribution >= 0.6 is 0 Å². The third-order valence-corrected chi connectivity index (χ3v) is 8.80. The molecule has 0 saturated heterocycles. The Kier molecular flexibility index (Phi) is 4.66. The molecule has 0 bridgehead atoms. The van der Waals surface area contributed by atoms with Crippen molar-refractivity contribution in [2.24, 2.45) is 0 Å². The number of rotatable bonds is 3. The van der Waals surface area contributed by atoms with Gasteiger partial charge in [0, 0.05) is 5.56 Å². The van der Waals surface area contributed by atoms with Crippen LogP contribution in [0.25, 0.3) is 0 Å². The summed E-state index contributed by atoms with van der Waals surface area (Å²) in [6.45, 7) is 5.69. The zero-order chi connectivity index (χ0) is 22.7. The number of para-hydroxylation sites is 2. The van der Waals surface area contributed by atoms with Gasteiger partial charge < -0.3 is 4.18 Å². The molecule has 0 radical (unpaired) electrons. The van der Waals surface area contributed by atoms with E-state index in [1.54, 1.807) is 54.6 Å². The second-order valence-electron chi connectivity index (χ2n) is 7.64. The lowest BCUT2D eigenvalue weighted by atomic mass is 9.98. The van der Waals surface area contributed by atoms with Crippen molar-refractivity contribution in [3.8, 4) is 5.75 Å². The Morgan fingerprint density at radius 3 is 2.25 bits per heavy atom. The van der Waals surface area contributed by atoms with Crippen LogP contribution in [0.3, 0.4) is 0 Å². The molecule has 0 fully saturated rings. The lowest BCUT2D eigenvalue weighted by Crippen LogP contribution is -2.54. The summed E-state index contributed by atoms with van der Waals surface area (Å²) in [6, 6.07) is 19.1. The Morgan fingerprint density at radius 2 is 1.56 bits per heavy atom. The zero-order valence-corrected chi connectivity index (χ0v) is 18.8. The first kappa shape index (κ1) is 20.7. The van der Waals surface area contributed by atoms with E-state index in [9.17, 15) is 16.8 Å². The summed E-state index contributed by atoms with van der Waals surface area (Å²) in [5.41, 5.74) is 2.24. The highest BCUT2D eigenvalue weighted by atomic mass is 32.2. The normalized spacial score (nSPS) is 21.6. The number of benzene rings is 3. The summed E-state index contributed by atoms with van der Waals surface area (Å²) in [5.74, 6) is 0.0973. The molecule has 2 heterocycles. The molecule has 2 aliphatic rings. The van der Waals surface area contributed by atoms with Gasteiger partial charge in [0.1, 0.15) is 6.17 Å². The highest BCUT2D eigenvalue weighted by Crippen LogP contribution is 2.53. The monoisotopic (exact) mass is 468 g/mol. The Hall–Kier alpha value is -3.14. The third-order valence-electron chi connectivity index (χ3n) is 5.68. The summed E-state index contributed by atoms with van der Waals surface area (Å²) in [6.07, 6.45) is 0.311. The fraction of sp³-hybridized carbons (Fsp3) is 0.130. The van der Waals surface area contributed by atoms with E-state index in [0.29, 0.717) is 16.8 Å². The Morgan fingerprint density at radius 1 is 0.938 bits per heavy atom. The summed E-state index contributed by atoms with van der Waals surface area (Å²) in [7, 11) is -8.48. The van der Waals surface area contributed by atoms with E-state index in [1.165, 1.54) is 28.6 Å². The molecule has 7 nitrogen and oxygen atoms in total. The van der Waals surface area contributed by atoms with Crippen LogP contribution in [0.15, 0.2) is 90.3 Å². The van der Waals surface area contributed by atoms with E-state index >= 15 is 0 Å². The van der Waals surface area contributed by atoms with E-state index in [1.807, 2.05) is 6.92 Å². The molecule has 3 aromatic rings. The van der Waals surface area contributed by atoms with Crippen LogP contribution in [0.4, 0.5) is 5.69 Å². The summed E-state index contributed by atoms with van der Waals surface area (Å²) in [5, 5.41) is 0. The van der Waals surface area contributed by atoms with Crippen LogP contribution in [-0.2, 0) is 20.3 Å². The topological polar surface area (TPSA) is 84.0 Å². The van der Waals surface area contributed by atoms with Gasteiger partial charge in [0.25, 0.3) is 10.0 Å². The lowest BCUT2D eigenvalue weighted by Gasteiger charge is -2.48. The van der Waals surface area contributed by atoms with Crippen LogP contribution in [0.1, 0.15) is 28.9 Å². The van der Waals surface area contributed by atoms with Crippen molar-refractivity contribution in [1.29, 1.82) is 0 Å². The zero-order valence-electron chi connectivity index (χ0n) is 17.1. The smallest absolute Gasteiger partial charge is 0.370 e. The molecule has 2 atom stereocenters. The molecule has 32 heavy (non-hydrogen) atoms. The van der Waals surface area contributed by atoms with E-state index < -0.39 is 32.5 Å². The number of nitrogens with zero attached hydrogens (tertiary/aromatic N) is 2. The van der Waals surface area contributed by atoms with Gasteiger partial charge in [-0.05, 0) is 36.8 Å². The predicted molar refractivity (Wildman–Crippen MR) is 121 cm³/mol. The van der Waals surface area contributed by atoms with Gasteiger partial charge in [-0.25, -0.2) is 12.7 Å². The van der Waals surface area contributed by atoms with Crippen LogP contribution in [-0.4, -0.2) is 21.1 Å². The first-order valence-corrected chi connectivity index (χ1v) is 12.7. The van der Waals surface area contributed by atoms with Crippen molar-refractivity contribution in [3.63, 3.8) is 0 Å². The van der Waals surface area contributed by atoms with Crippen molar-refractivity contribution in [2.45, 2.75) is 24.0 Å². The summed E-state index contributed by atoms with van der Waals surface area (Å²) >= 11 is 0. The highest BCUT2D eigenvalue weighted by molar-refractivity contribution is 7.93. The van der Waals surface area contributed by atoms with Crippen LogP contribution in [0.2, 0.25) is 0 Å². The molecule has 0 amide bonds. The van der Waals surface area contributed by atoms with Gasteiger partial charge in [0.15, 0.2) is 5.75 Å². The Labute approximate surface area is 187 Å². The van der Waals surface area contributed by atoms with Gasteiger partial charge in [-0.15, -0.1) is 10.9 Å². The van der Waals surface area contributed by atoms with E-state index in [0.717, 1.165) is 9.87 Å². The van der Waals surface area contributed by atoms with Gasteiger partial charge in [-0.3, -0.25) is 0 Å². The molecule has 3 aromatic carbocycles. The van der Waals surface area contributed by atoms with Gasteiger partial charge in [-0.2, -0.15) is 8.42 Å². The molecule has 0 aliphatic carbocycles. The highest BCUT2D eigenvalue weighted by Gasteiger charge is 2.53. The predicted octanol–water partition coefficient (Wildman–Crippen LogP) is 4.07. The maximum atomic E-state index is 14.0. The average Bonchev–Trinajstić information content (AvgIpc) is 2.77. The van der Waals surface area contributed by atoms with Crippen molar-refractivity contribution >= 4 is 26.0 Å². The quantitative estimate of drug-likeness (QED) is 0.541. The van der Waals surface area contributed by atoms with Crippen molar-refractivity contribution < 1.29 is 21.0 Å². The van der Waals surface area contributed by atoms with Gasteiger partial charge in [-0.1, -0.05) is 60.2 Å². The summed E-state index contributed by atoms with van der Waals surface area (Å²) < 4.78 is 62.0. The lowest BCUT2D eigenvalue weighted by molar-refractivity contribution is 0.232. The SMILES string of the molecule is C=C[C@@H]1c2ccccc2N(S(=O)(=O)c2ccc(C)cc2)[C@H]2c3ccccc3OS(=O)(=O)N12. The van der Waals surface area contributed by atoms with Crippen LogP contribution in [0.5, 0.6) is 5.75 Å². The van der Waals surface area contributed by atoms with Crippen molar-refractivity contribution in [1.82, 2.24) is 4.31 Å². The molecule has 2 aliphatic heterocycles. The van der Waals surface area contributed by atoms with Gasteiger partial charge >= 0.3 is 10.3 Å². The molecule has 0 saturated carbocycles. The fourth-order valence-electron chi connectivity index (χ4n) is 4.23. The number of sulfonamides is 1. The standard InChI is InChI=1S/C23H20N2O5S2/c1-3-20-18-8-4-6-10-21(18)24(31(26,27)17-14-12-16(2)13-15-17)23-19-9-5-7-11-22(19)30-32(28,29)25(20)23/h3-15,20,23H,1H2,2H3/t20-,23-/m1/s1. The first-order chi connectivity index (χ1) is 15.3. The van der Waals surface area contributed by atoms with Crippen molar-refractivity contribution in [2.75, 3.05) is 4.31 Å². The van der Waals surface area contributed by atoms with E-state index in [-0.39, 0.29) is 10.6 Å². The molecular weight excluding hydrogens is 448 g/mol. The number of fused-ring (bicyclic) bond motifs is 4. The molecule has 5 rings (SSSR count). The molecule has 0 aromatic heterocycles. The second-order valence-corrected chi connectivity index (χ2v) is 10.9. The number of aryl methyl sites for hydroxylation is 1. The maximum Gasteiger partial charge on any atom is 0.388 e. The van der Waals surface area contributed by atoms with E-state index in [2.05, 4.69) is 6.58 Å². The van der Waals surface area contributed by atoms with Crippen LogP contribution < -0.4 is 8.49 Å². The minimum absolute atomic E-state index is 0.0660. The molecule has 0 spiro atoms. The second kappa shape index (κ2) is 7.19. The maximum absolute atomic E-state index is 14.0. The third kappa shape index (κ3) is 2.96. The minimum atomic E-state index is -4.33. The molecule has 0 N–H and O–H groups in total. The number of hydrogen-bond donors (Lipinski definition) is 0. The van der Waals surface area contributed by atoms with Crippen molar-refractivity contribution in [3.05, 3.63) is 102 Å². The van der Waals surface area contributed by atoms with Gasteiger partial charge in [0.2, 0.25) is 0 Å². The number of hydrogen-bond acceptors (Lipinski definition) is 5. The number of anilines is 1. The van der Waals surface area contributed by atoms with Gasteiger partial charge in [0.05, 0.1) is 16.6 Å². The largest absolute Gasteiger partial charge is 0.388 e. The minimum Gasteiger partial charge on any atom is -0.370 e. The fourth-order valence-corrected chi connectivity index (χ4v) is 7.29. The van der Waals surface area contributed by atoms with Crippen LogP contribution in [0, 0.1) is 6.92 Å². The average molecular weight is 469 g/mol. The first-order valence-electron chi connectivity index (χ1n) is 9.90. The van der Waals surface area contributed by atoms with E-state index in [4.69, 9.17) is 4.18 Å². The molecule has 164 valence electrons. The molecule has 9 heteroatoms.